The van der Waals surface area contributed by atoms with Gasteiger partial charge in [-0.3, -0.25) is 14.4 Å². The summed E-state index contributed by atoms with van der Waals surface area (Å²) in [5, 5.41) is 2.85. The van der Waals surface area contributed by atoms with Gasteiger partial charge in [0.2, 0.25) is 17.7 Å². The van der Waals surface area contributed by atoms with Crippen LogP contribution in [-0.2, 0) is 20.8 Å². The topological polar surface area (TPSA) is 69.7 Å². The van der Waals surface area contributed by atoms with Crippen LogP contribution in [0.3, 0.4) is 0 Å². The van der Waals surface area contributed by atoms with Crippen molar-refractivity contribution in [2.45, 2.75) is 25.7 Å². The van der Waals surface area contributed by atoms with Gasteiger partial charge in [0, 0.05) is 41.8 Å². The van der Waals surface area contributed by atoms with Crippen LogP contribution in [0.4, 0.5) is 21.5 Å². The molecule has 1 aliphatic carbocycles. The summed E-state index contributed by atoms with van der Waals surface area (Å²) < 4.78 is 13.9. The molecule has 0 aromatic heterocycles. The molecule has 2 aromatic carbocycles. The second-order valence-electron chi connectivity index (χ2n) is 8.35. The number of benzene rings is 2. The Balaban J connectivity index is 1.30. The Hall–Kier alpha value is -2.93. The van der Waals surface area contributed by atoms with Gasteiger partial charge in [-0.25, -0.2) is 4.39 Å². The number of hydrogen-bond acceptors (Lipinski definition) is 3. The van der Waals surface area contributed by atoms with Gasteiger partial charge in [0.15, 0.2) is 0 Å². The summed E-state index contributed by atoms with van der Waals surface area (Å²) in [7, 11) is 0. The van der Waals surface area contributed by atoms with Crippen molar-refractivity contribution in [2.24, 2.45) is 11.8 Å². The lowest BCUT2D eigenvalue weighted by Gasteiger charge is -2.20. The molecule has 8 heteroatoms. The van der Waals surface area contributed by atoms with Crippen molar-refractivity contribution in [1.82, 2.24) is 0 Å². The molecule has 2 heterocycles. The van der Waals surface area contributed by atoms with Gasteiger partial charge in [-0.15, -0.1) is 0 Å². The van der Waals surface area contributed by atoms with Crippen LogP contribution in [0.2, 0.25) is 5.02 Å². The van der Waals surface area contributed by atoms with Gasteiger partial charge in [-0.2, -0.15) is 0 Å². The van der Waals surface area contributed by atoms with Crippen molar-refractivity contribution in [2.75, 3.05) is 28.2 Å². The lowest BCUT2D eigenvalue weighted by Crippen LogP contribution is -2.30. The number of hydrogen-bond donors (Lipinski definition) is 1. The number of fused-ring (bicyclic) bond motifs is 1. The van der Waals surface area contributed by atoms with Gasteiger partial charge in [-0.1, -0.05) is 11.6 Å². The highest BCUT2D eigenvalue weighted by molar-refractivity contribution is 6.30. The maximum Gasteiger partial charge on any atom is 0.230 e. The largest absolute Gasteiger partial charge is 0.323 e. The fraction of sp³-hybridized carbons (Fsp3) is 0.348. The van der Waals surface area contributed by atoms with Gasteiger partial charge in [-0.05, 0) is 61.2 Å². The summed E-state index contributed by atoms with van der Waals surface area (Å²) in [6.07, 6.45) is 2.74. The monoisotopic (exact) mass is 441 g/mol. The summed E-state index contributed by atoms with van der Waals surface area (Å²) in [5.41, 5.74) is 2.67. The van der Waals surface area contributed by atoms with Crippen molar-refractivity contribution in [3.63, 3.8) is 0 Å². The lowest BCUT2D eigenvalue weighted by molar-refractivity contribution is -0.122. The van der Waals surface area contributed by atoms with E-state index in [-0.39, 0.29) is 36.4 Å². The molecule has 3 aliphatic rings. The summed E-state index contributed by atoms with van der Waals surface area (Å²) in [6.45, 7) is 0.884. The van der Waals surface area contributed by atoms with Gasteiger partial charge in [0.05, 0.1) is 11.6 Å². The Morgan fingerprint density at radius 3 is 2.68 bits per heavy atom. The first-order valence-electron chi connectivity index (χ1n) is 10.4. The van der Waals surface area contributed by atoms with Crippen LogP contribution in [0.25, 0.3) is 0 Å². The minimum Gasteiger partial charge on any atom is -0.323 e. The van der Waals surface area contributed by atoms with Crippen LogP contribution < -0.4 is 15.1 Å². The Kier molecular flexibility index (Phi) is 4.93. The first kappa shape index (κ1) is 20.0. The van der Waals surface area contributed by atoms with Crippen molar-refractivity contribution in [3.8, 4) is 0 Å². The van der Waals surface area contributed by atoms with E-state index < -0.39 is 17.6 Å². The predicted octanol–water partition coefficient (Wildman–Crippen LogP) is 3.77. The van der Waals surface area contributed by atoms with Crippen molar-refractivity contribution >= 4 is 46.4 Å². The Bertz CT molecular complexity index is 1100. The third-order valence-corrected chi connectivity index (χ3v) is 6.38. The number of amides is 3. The average Bonchev–Trinajstić information content (AvgIpc) is 3.40. The van der Waals surface area contributed by atoms with Gasteiger partial charge >= 0.3 is 0 Å². The zero-order chi connectivity index (χ0) is 21.7. The predicted molar refractivity (Wildman–Crippen MR) is 116 cm³/mol. The first-order chi connectivity index (χ1) is 14.9. The Labute approximate surface area is 184 Å². The zero-order valence-corrected chi connectivity index (χ0v) is 17.5. The Morgan fingerprint density at radius 2 is 1.90 bits per heavy atom. The molecule has 0 bridgehead atoms. The van der Waals surface area contributed by atoms with E-state index in [4.69, 9.17) is 11.6 Å². The van der Waals surface area contributed by atoms with Crippen LogP contribution >= 0.6 is 11.6 Å². The molecule has 0 spiro atoms. The molecule has 6 nitrogen and oxygen atoms in total. The van der Waals surface area contributed by atoms with Crippen molar-refractivity contribution < 1.29 is 18.8 Å². The molecule has 2 aliphatic heterocycles. The number of nitrogens with zero attached hydrogens (tertiary/aromatic N) is 2. The van der Waals surface area contributed by atoms with E-state index in [9.17, 15) is 18.8 Å². The van der Waals surface area contributed by atoms with Gasteiger partial charge in [0.1, 0.15) is 5.82 Å². The smallest absolute Gasteiger partial charge is 0.230 e. The average molecular weight is 442 g/mol. The molecule has 0 radical (unpaired) electrons. The molecule has 31 heavy (non-hydrogen) atoms. The third-order valence-electron chi connectivity index (χ3n) is 6.15. The van der Waals surface area contributed by atoms with E-state index in [1.165, 1.54) is 18.2 Å². The lowest BCUT2D eigenvalue weighted by atomic mass is 10.1. The highest BCUT2D eigenvalue weighted by Gasteiger charge is 2.38. The third kappa shape index (κ3) is 3.78. The Morgan fingerprint density at radius 1 is 1.10 bits per heavy atom. The summed E-state index contributed by atoms with van der Waals surface area (Å²) in [6, 6.07) is 9.58. The first-order valence-corrected chi connectivity index (χ1v) is 10.8. The number of anilines is 3. The van der Waals surface area contributed by atoms with Crippen LogP contribution in [0.1, 0.15) is 24.8 Å². The van der Waals surface area contributed by atoms with Crippen molar-refractivity contribution in [1.29, 1.82) is 0 Å². The highest BCUT2D eigenvalue weighted by Crippen LogP contribution is 2.38. The molecule has 1 saturated heterocycles. The second-order valence-corrected chi connectivity index (χ2v) is 8.78. The molecule has 1 atom stereocenters. The van der Waals surface area contributed by atoms with Crippen molar-refractivity contribution in [3.05, 3.63) is 52.8 Å². The summed E-state index contributed by atoms with van der Waals surface area (Å²) in [4.78, 5) is 41.1. The SMILES string of the molecule is O=C(Nc1cc(Cl)ccc1F)C1CC(=O)N(c2ccc3c(c2)CCN3C(=O)C2CC2)C1. The number of carbonyl (C=O) groups excluding carboxylic acids is 3. The molecule has 160 valence electrons. The molecule has 1 saturated carbocycles. The fourth-order valence-electron chi connectivity index (χ4n) is 4.30. The molecule has 3 amide bonds. The number of nitrogens with one attached hydrogen (secondary N) is 1. The van der Waals surface area contributed by atoms with E-state index in [2.05, 4.69) is 5.32 Å². The normalized spacial score (nSPS) is 20.2. The second kappa shape index (κ2) is 7.64. The zero-order valence-electron chi connectivity index (χ0n) is 16.7. The van der Waals surface area contributed by atoms with E-state index >= 15 is 0 Å². The molecule has 5 rings (SSSR count). The molecule has 2 fully saturated rings. The number of carbonyl (C=O) groups is 3. The van der Waals surface area contributed by atoms with E-state index in [0.29, 0.717) is 17.3 Å². The maximum atomic E-state index is 13.9. The van der Waals surface area contributed by atoms with Gasteiger partial charge in [0.25, 0.3) is 0 Å². The van der Waals surface area contributed by atoms with Crippen LogP contribution in [0.15, 0.2) is 36.4 Å². The van der Waals surface area contributed by atoms with Gasteiger partial charge < -0.3 is 15.1 Å². The fourth-order valence-corrected chi connectivity index (χ4v) is 4.47. The highest BCUT2D eigenvalue weighted by atomic mass is 35.5. The molecule has 2 aromatic rings. The summed E-state index contributed by atoms with van der Waals surface area (Å²) in [5.74, 6) is -1.40. The minimum absolute atomic E-state index is 0.00125. The van der Waals surface area contributed by atoms with E-state index in [1.807, 2.05) is 23.1 Å². The minimum atomic E-state index is -0.591. The molecule has 1 unspecified atom stereocenters. The van der Waals surface area contributed by atoms with E-state index in [1.54, 1.807) is 4.90 Å². The quantitative estimate of drug-likeness (QED) is 0.785. The molecular formula is C23H21ClFN3O3. The maximum absolute atomic E-state index is 13.9. The van der Waals surface area contributed by atoms with Crippen LogP contribution in [-0.4, -0.2) is 30.8 Å². The summed E-state index contributed by atoms with van der Waals surface area (Å²) >= 11 is 5.88. The molecule has 1 N–H and O–H groups in total. The van der Waals surface area contributed by atoms with Crippen LogP contribution in [0.5, 0.6) is 0 Å². The number of rotatable bonds is 4. The molecular weight excluding hydrogens is 421 g/mol. The van der Waals surface area contributed by atoms with Crippen LogP contribution in [0, 0.1) is 17.7 Å². The van der Waals surface area contributed by atoms with E-state index in [0.717, 1.165) is 30.5 Å². The standard InChI is InChI=1S/C23H21ClFN3O3/c24-16-3-5-18(25)19(11-16)26-22(30)15-10-21(29)28(12-15)17-4-6-20-14(9-17)7-8-27(20)23(31)13-1-2-13/h3-6,9,11,13,15H,1-2,7-8,10,12H2,(H,26,30). The number of halogens is 2.